The molecule has 2 aromatic heterocycles. The van der Waals surface area contributed by atoms with Crippen LogP contribution in [0.1, 0.15) is 24.2 Å². The first-order chi connectivity index (χ1) is 7.36. The number of nitrogens with zero attached hydrogens (tertiary/aromatic N) is 2. The maximum atomic E-state index is 3.99. The first kappa shape index (κ1) is 9.86. The van der Waals surface area contributed by atoms with Crippen molar-refractivity contribution in [2.24, 2.45) is 0 Å². The summed E-state index contributed by atoms with van der Waals surface area (Å²) in [5.74, 6) is 0. The minimum atomic E-state index is 0.316. The molecular formula is C11H14N4. The Kier molecular flexibility index (Phi) is 3.09. The van der Waals surface area contributed by atoms with E-state index in [1.165, 1.54) is 5.56 Å². The van der Waals surface area contributed by atoms with E-state index >= 15 is 0 Å². The van der Waals surface area contributed by atoms with Gasteiger partial charge in [-0.1, -0.05) is 0 Å². The first-order valence-electron chi connectivity index (χ1n) is 4.97. The Morgan fingerprint density at radius 1 is 1.33 bits per heavy atom. The van der Waals surface area contributed by atoms with Crippen molar-refractivity contribution in [2.45, 2.75) is 19.5 Å². The zero-order valence-corrected chi connectivity index (χ0v) is 8.64. The van der Waals surface area contributed by atoms with Crippen molar-refractivity contribution >= 4 is 0 Å². The third-order valence-corrected chi connectivity index (χ3v) is 2.36. The van der Waals surface area contributed by atoms with Crippen LogP contribution in [0.15, 0.2) is 37.1 Å². The highest BCUT2D eigenvalue weighted by Gasteiger charge is 2.03. The lowest BCUT2D eigenvalue weighted by atomic mass is 10.1. The zero-order chi connectivity index (χ0) is 10.5. The van der Waals surface area contributed by atoms with Gasteiger partial charge in [0.05, 0.1) is 6.33 Å². The quantitative estimate of drug-likeness (QED) is 0.792. The predicted octanol–water partition coefficient (Wildman–Crippen LogP) is 1.66. The normalized spacial score (nSPS) is 12.6. The van der Waals surface area contributed by atoms with Gasteiger partial charge in [-0.2, -0.15) is 0 Å². The summed E-state index contributed by atoms with van der Waals surface area (Å²) in [4.78, 5) is 11.0. The zero-order valence-electron chi connectivity index (χ0n) is 8.64. The van der Waals surface area contributed by atoms with Crippen LogP contribution in [-0.2, 0) is 6.54 Å². The molecule has 0 amide bonds. The van der Waals surface area contributed by atoms with Crippen LogP contribution in [0.25, 0.3) is 0 Å². The molecule has 1 atom stereocenters. The van der Waals surface area contributed by atoms with E-state index in [9.17, 15) is 0 Å². The Labute approximate surface area is 88.8 Å². The third kappa shape index (κ3) is 2.63. The van der Waals surface area contributed by atoms with Crippen LogP contribution in [-0.4, -0.2) is 15.0 Å². The SMILES string of the molecule is C[C@H](NCc1cnc[nH]1)c1ccncc1. The van der Waals surface area contributed by atoms with Crippen LogP contribution in [0.5, 0.6) is 0 Å². The largest absolute Gasteiger partial charge is 0.347 e. The number of pyridine rings is 1. The van der Waals surface area contributed by atoms with Crippen molar-refractivity contribution in [2.75, 3.05) is 0 Å². The van der Waals surface area contributed by atoms with Crippen LogP contribution in [0.2, 0.25) is 0 Å². The van der Waals surface area contributed by atoms with Gasteiger partial charge < -0.3 is 10.3 Å². The highest BCUT2D eigenvalue weighted by Crippen LogP contribution is 2.10. The summed E-state index contributed by atoms with van der Waals surface area (Å²) in [6.45, 7) is 2.93. The molecule has 0 aliphatic rings. The first-order valence-corrected chi connectivity index (χ1v) is 4.97. The Bertz CT molecular complexity index is 382. The molecule has 0 fully saturated rings. The fourth-order valence-corrected chi connectivity index (χ4v) is 1.41. The minimum Gasteiger partial charge on any atom is -0.347 e. The lowest BCUT2D eigenvalue weighted by Gasteiger charge is -2.12. The molecule has 0 spiro atoms. The molecule has 15 heavy (non-hydrogen) atoms. The number of imidazole rings is 1. The van der Waals surface area contributed by atoms with Gasteiger partial charge in [0.25, 0.3) is 0 Å². The summed E-state index contributed by atoms with van der Waals surface area (Å²) >= 11 is 0. The number of aromatic amines is 1. The lowest BCUT2D eigenvalue weighted by Crippen LogP contribution is -2.18. The van der Waals surface area contributed by atoms with Gasteiger partial charge in [-0.05, 0) is 24.6 Å². The van der Waals surface area contributed by atoms with Gasteiger partial charge in [-0.25, -0.2) is 4.98 Å². The van der Waals surface area contributed by atoms with Gasteiger partial charge >= 0.3 is 0 Å². The molecule has 0 saturated carbocycles. The van der Waals surface area contributed by atoms with E-state index < -0.39 is 0 Å². The van der Waals surface area contributed by atoms with Gasteiger partial charge in [-0.3, -0.25) is 4.98 Å². The highest BCUT2D eigenvalue weighted by atomic mass is 15.0. The van der Waals surface area contributed by atoms with Crippen LogP contribution < -0.4 is 5.32 Å². The van der Waals surface area contributed by atoms with Crippen LogP contribution in [0, 0.1) is 0 Å². The average Bonchev–Trinajstić information content (AvgIpc) is 2.80. The molecule has 0 bridgehead atoms. The fraction of sp³-hybridized carbons (Fsp3) is 0.273. The van der Waals surface area contributed by atoms with E-state index in [0.29, 0.717) is 6.04 Å². The number of hydrogen-bond donors (Lipinski definition) is 2. The maximum absolute atomic E-state index is 3.99. The highest BCUT2D eigenvalue weighted by molar-refractivity contribution is 5.14. The molecule has 0 aliphatic heterocycles. The molecular weight excluding hydrogens is 188 g/mol. The summed E-state index contributed by atoms with van der Waals surface area (Å²) in [5.41, 5.74) is 2.33. The molecule has 0 aliphatic carbocycles. The van der Waals surface area contributed by atoms with Crippen molar-refractivity contribution in [3.63, 3.8) is 0 Å². The third-order valence-electron chi connectivity index (χ3n) is 2.36. The van der Waals surface area contributed by atoms with Gasteiger partial charge in [0.2, 0.25) is 0 Å². The van der Waals surface area contributed by atoms with E-state index in [1.54, 1.807) is 6.33 Å². The summed E-state index contributed by atoms with van der Waals surface area (Å²) in [7, 11) is 0. The molecule has 2 rings (SSSR count). The van der Waals surface area contributed by atoms with E-state index in [2.05, 4.69) is 27.2 Å². The van der Waals surface area contributed by atoms with Crippen molar-refractivity contribution in [1.29, 1.82) is 0 Å². The minimum absolute atomic E-state index is 0.316. The molecule has 78 valence electrons. The monoisotopic (exact) mass is 202 g/mol. The molecule has 0 unspecified atom stereocenters. The molecule has 0 saturated heterocycles. The van der Waals surface area contributed by atoms with E-state index in [1.807, 2.05) is 30.7 Å². The Balaban J connectivity index is 1.90. The second kappa shape index (κ2) is 4.70. The van der Waals surface area contributed by atoms with Gasteiger partial charge in [0.15, 0.2) is 0 Å². The molecule has 2 heterocycles. The summed E-state index contributed by atoms with van der Waals surface area (Å²) in [6, 6.07) is 4.35. The van der Waals surface area contributed by atoms with Crippen molar-refractivity contribution < 1.29 is 0 Å². The summed E-state index contributed by atoms with van der Waals surface area (Å²) in [5, 5.41) is 3.40. The molecule has 4 heteroatoms. The molecule has 2 N–H and O–H groups in total. The molecule has 2 aromatic rings. The lowest BCUT2D eigenvalue weighted by molar-refractivity contribution is 0.568. The van der Waals surface area contributed by atoms with E-state index in [-0.39, 0.29) is 0 Å². The fourth-order valence-electron chi connectivity index (χ4n) is 1.41. The van der Waals surface area contributed by atoms with Crippen molar-refractivity contribution in [1.82, 2.24) is 20.3 Å². The smallest absolute Gasteiger partial charge is 0.0922 e. The summed E-state index contributed by atoms with van der Waals surface area (Å²) in [6.07, 6.45) is 7.13. The van der Waals surface area contributed by atoms with Crippen molar-refractivity contribution in [3.05, 3.63) is 48.3 Å². The molecule has 0 radical (unpaired) electrons. The number of H-pyrrole nitrogens is 1. The van der Waals surface area contributed by atoms with Gasteiger partial charge in [-0.15, -0.1) is 0 Å². The topological polar surface area (TPSA) is 53.6 Å². The second-order valence-corrected chi connectivity index (χ2v) is 3.46. The van der Waals surface area contributed by atoms with Crippen LogP contribution in [0.3, 0.4) is 0 Å². The molecule has 0 aromatic carbocycles. The Hall–Kier alpha value is -1.68. The number of rotatable bonds is 4. The van der Waals surface area contributed by atoms with Crippen LogP contribution >= 0.6 is 0 Å². The maximum Gasteiger partial charge on any atom is 0.0922 e. The summed E-state index contributed by atoms with van der Waals surface area (Å²) < 4.78 is 0. The van der Waals surface area contributed by atoms with Crippen LogP contribution in [0.4, 0.5) is 0 Å². The number of aromatic nitrogens is 3. The van der Waals surface area contributed by atoms with Crippen molar-refractivity contribution in [3.8, 4) is 0 Å². The molecule has 4 nitrogen and oxygen atoms in total. The Morgan fingerprint density at radius 2 is 2.13 bits per heavy atom. The Morgan fingerprint density at radius 3 is 2.80 bits per heavy atom. The average molecular weight is 202 g/mol. The number of hydrogen-bond acceptors (Lipinski definition) is 3. The van der Waals surface area contributed by atoms with Gasteiger partial charge in [0.1, 0.15) is 0 Å². The second-order valence-electron chi connectivity index (χ2n) is 3.46. The predicted molar refractivity (Wildman–Crippen MR) is 58.1 cm³/mol. The van der Waals surface area contributed by atoms with E-state index in [0.717, 1.165) is 12.2 Å². The van der Waals surface area contributed by atoms with E-state index in [4.69, 9.17) is 0 Å². The standard InChI is InChI=1S/C11H14N4/c1-9(10-2-4-12-5-3-10)14-7-11-6-13-8-15-11/h2-6,8-9,14H,7H2,1H3,(H,13,15)/t9-/m0/s1. The number of nitrogens with one attached hydrogen (secondary N) is 2. The van der Waals surface area contributed by atoms with Gasteiger partial charge in [0, 0.05) is 36.9 Å².